The molecule has 2 saturated heterocycles. The van der Waals surface area contributed by atoms with Gasteiger partial charge in [-0.05, 0) is 27.7 Å². The fourth-order valence-corrected chi connectivity index (χ4v) is 4.09. The average molecular weight is 461 g/mol. The van der Waals surface area contributed by atoms with E-state index in [9.17, 15) is 9.59 Å². The summed E-state index contributed by atoms with van der Waals surface area (Å²) in [6, 6.07) is 0. The van der Waals surface area contributed by atoms with E-state index in [0.717, 1.165) is 0 Å². The van der Waals surface area contributed by atoms with Crippen molar-refractivity contribution in [1.29, 1.82) is 0 Å². The largest absolute Gasteiger partial charge is 0.341 e. The first-order valence-corrected chi connectivity index (χ1v) is 11.1. The van der Waals surface area contributed by atoms with Crippen LogP contribution in [0.1, 0.15) is 27.7 Å². The van der Waals surface area contributed by atoms with Gasteiger partial charge >= 0.3 is 0 Å². The molecule has 2 heterocycles. The van der Waals surface area contributed by atoms with Gasteiger partial charge in [0, 0.05) is 52.4 Å². The van der Waals surface area contributed by atoms with Gasteiger partial charge in [0.1, 0.15) is 12.2 Å². The maximum Gasteiger partial charge on any atom is 0.254 e. The summed E-state index contributed by atoms with van der Waals surface area (Å²) >= 11 is 0. The predicted molar refractivity (Wildman–Crippen MR) is 117 cm³/mol. The molecule has 32 heavy (non-hydrogen) atoms. The van der Waals surface area contributed by atoms with Gasteiger partial charge in [-0.15, -0.1) is 0 Å². The Labute approximate surface area is 189 Å². The van der Waals surface area contributed by atoms with Gasteiger partial charge in [0.25, 0.3) is 11.8 Å². The average Bonchev–Trinajstić information content (AvgIpc) is 3.21. The highest BCUT2D eigenvalue weighted by molar-refractivity contribution is 5.84. The maximum absolute atomic E-state index is 13.3. The first-order valence-electron chi connectivity index (χ1n) is 11.1. The van der Waals surface area contributed by atoms with Gasteiger partial charge in [0.15, 0.2) is 23.8 Å². The van der Waals surface area contributed by atoms with Crippen LogP contribution >= 0.6 is 0 Å². The zero-order chi connectivity index (χ0) is 24.1. The summed E-state index contributed by atoms with van der Waals surface area (Å²) in [4.78, 5) is 29.8. The van der Waals surface area contributed by atoms with Crippen molar-refractivity contribution in [2.24, 2.45) is 22.9 Å². The highest BCUT2D eigenvalue weighted by Gasteiger charge is 2.58. The second-order valence-corrected chi connectivity index (χ2v) is 8.85. The molecule has 8 N–H and O–H groups in total. The van der Waals surface area contributed by atoms with E-state index < -0.39 is 36.0 Å². The summed E-state index contributed by atoms with van der Waals surface area (Å²) in [5.41, 5.74) is 22.7. The third kappa shape index (κ3) is 6.35. The molecule has 0 saturated carbocycles. The number of carbonyl (C=O) groups is 2. The molecule has 4 atom stereocenters. The van der Waals surface area contributed by atoms with Crippen LogP contribution in [0.5, 0.6) is 0 Å². The van der Waals surface area contributed by atoms with Gasteiger partial charge < -0.3 is 51.7 Å². The molecule has 2 rings (SSSR count). The van der Waals surface area contributed by atoms with E-state index in [0.29, 0.717) is 26.2 Å². The molecule has 2 aliphatic rings. The molecular formula is C20H40N6O6. The Morgan fingerprint density at radius 2 is 0.906 bits per heavy atom. The third-order valence-corrected chi connectivity index (χ3v) is 5.29. The number of nitrogens with zero attached hydrogens (tertiary/aromatic N) is 2. The van der Waals surface area contributed by atoms with Gasteiger partial charge in [-0.25, -0.2) is 0 Å². The molecule has 2 aliphatic heterocycles. The van der Waals surface area contributed by atoms with Crippen molar-refractivity contribution in [1.82, 2.24) is 9.80 Å². The second-order valence-electron chi connectivity index (χ2n) is 8.85. The Kier molecular flexibility index (Phi) is 9.37. The van der Waals surface area contributed by atoms with Crippen LogP contribution in [0, 0.1) is 0 Å². The number of amides is 2. The Morgan fingerprint density at radius 1 is 0.625 bits per heavy atom. The van der Waals surface area contributed by atoms with Crippen molar-refractivity contribution in [3.05, 3.63) is 0 Å². The van der Waals surface area contributed by atoms with E-state index in [1.54, 1.807) is 27.7 Å². The molecule has 186 valence electrons. The summed E-state index contributed by atoms with van der Waals surface area (Å²) in [6.45, 7) is 9.20. The number of rotatable bonds is 11. The molecule has 0 radical (unpaired) electrons. The molecule has 0 aromatic rings. The van der Waals surface area contributed by atoms with Crippen molar-refractivity contribution in [3.63, 3.8) is 0 Å². The van der Waals surface area contributed by atoms with Crippen molar-refractivity contribution in [2.75, 3.05) is 52.4 Å². The van der Waals surface area contributed by atoms with Crippen LogP contribution in [0.2, 0.25) is 0 Å². The van der Waals surface area contributed by atoms with E-state index in [1.807, 2.05) is 0 Å². The van der Waals surface area contributed by atoms with Crippen LogP contribution in [-0.2, 0) is 28.5 Å². The summed E-state index contributed by atoms with van der Waals surface area (Å²) in [5.74, 6) is -2.78. The van der Waals surface area contributed by atoms with E-state index in [1.165, 1.54) is 9.80 Å². The van der Waals surface area contributed by atoms with Crippen LogP contribution in [0.25, 0.3) is 0 Å². The van der Waals surface area contributed by atoms with Crippen LogP contribution in [-0.4, -0.2) is 110 Å². The van der Waals surface area contributed by atoms with Crippen LogP contribution in [0.15, 0.2) is 0 Å². The third-order valence-electron chi connectivity index (χ3n) is 5.29. The van der Waals surface area contributed by atoms with Crippen LogP contribution in [0.3, 0.4) is 0 Å². The zero-order valence-electron chi connectivity index (χ0n) is 19.6. The molecule has 0 aromatic carbocycles. The molecule has 2 amide bonds. The number of hydrogen-bond acceptors (Lipinski definition) is 10. The lowest BCUT2D eigenvalue weighted by Crippen LogP contribution is -2.55. The van der Waals surface area contributed by atoms with Crippen molar-refractivity contribution in [3.8, 4) is 0 Å². The first-order chi connectivity index (χ1) is 15.0. The van der Waals surface area contributed by atoms with Crippen molar-refractivity contribution in [2.45, 2.75) is 63.7 Å². The molecule has 12 heteroatoms. The SMILES string of the molecule is CC1(C)O[C@H]([C@@H]2OC(C)(C)O[C@H]2C(=O)N(CCN)CCN)[C@@H](C(=O)N(CCN)CCN)O1. The normalized spacial score (nSPS) is 28.6. The lowest BCUT2D eigenvalue weighted by atomic mass is 10.0. The fraction of sp³-hybridized carbons (Fsp3) is 0.900. The quantitative estimate of drug-likeness (QED) is 0.258. The van der Waals surface area contributed by atoms with Gasteiger partial charge in [0.2, 0.25) is 0 Å². The summed E-state index contributed by atoms with van der Waals surface area (Å²) in [6.07, 6.45) is -3.80. The highest BCUT2D eigenvalue weighted by Crippen LogP contribution is 2.39. The van der Waals surface area contributed by atoms with Gasteiger partial charge in [-0.1, -0.05) is 0 Å². The lowest BCUT2D eigenvalue weighted by Gasteiger charge is -2.31. The minimum absolute atomic E-state index is 0.275. The Hall–Kier alpha value is -1.38. The predicted octanol–water partition coefficient (Wildman–Crippen LogP) is -2.48. The Balaban J connectivity index is 2.35. The minimum Gasteiger partial charge on any atom is -0.341 e. The topological polar surface area (TPSA) is 182 Å². The standard InChI is InChI=1S/C20H40N6O6/c1-19(2)29-13(15(31-19)17(27)25(9-5-21)10-6-22)14-16(32-20(3,4)30-14)18(28)26(11-7-23)12-8-24/h13-16H,5-12,21-24H2,1-4H3/t13-,14+,15+,16-. The maximum atomic E-state index is 13.3. The van der Waals surface area contributed by atoms with Gasteiger partial charge in [0.05, 0.1) is 0 Å². The lowest BCUT2D eigenvalue weighted by molar-refractivity contribution is -0.176. The zero-order valence-corrected chi connectivity index (χ0v) is 19.6. The molecule has 0 aliphatic carbocycles. The molecule has 0 unspecified atom stereocenters. The Morgan fingerprint density at radius 3 is 1.16 bits per heavy atom. The smallest absolute Gasteiger partial charge is 0.254 e. The number of nitrogens with two attached hydrogens (primary N) is 4. The fourth-order valence-electron chi connectivity index (χ4n) is 4.09. The first kappa shape index (κ1) is 26.9. The molecule has 2 fully saturated rings. The molecule has 0 bridgehead atoms. The summed E-state index contributed by atoms with van der Waals surface area (Å²) in [5, 5.41) is 0. The van der Waals surface area contributed by atoms with E-state index in [2.05, 4.69) is 0 Å². The monoisotopic (exact) mass is 460 g/mol. The second kappa shape index (κ2) is 11.2. The van der Waals surface area contributed by atoms with Gasteiger partial charge in [-0.3, -0.25) is 9.59 Å². The van der Waals surface area contributed by atoms with E-state index in [-0.39, 0.29) is 38.0 Å². The molecular weight excluding hydrogens is 420 g/mol. The number of hydrogen-bond donors (Lipinski definition) is 4. The van der Waals surface area contributed by atoms with Crippen molar-refractivity contribution < 1.29 is 28.5 Å². The molecule has 0 spiro atoms. The molecule has 12 nitrogen and oxygen atoms in total. The summed E-state index contributed by atoms with van der Waals surface area (Å²) in [7, 11) is 0. The van der Waals surface area contributed by atoms with Crippen molar-refractivity contribution >= 4 is 11.8 Å². The summed E-state index contributed by atoms with van der Waals surface area (Å²) < 4.78 is 24.1. The minimum atomic E-state index is -1.07. The van der Waals surface area contributed by atoms with Crippen LogP contribution < -0.4 is 22.9 Å². The van der Waals surface area contributed by atoms with E-state index >= 15 is 0 Å². The van der Waals surface area contributed by atoms with Crippen LogP contribution in [0.4, 0.5) is 0 Å². The number of carbonyl (C=O) groups excluding carboxylic acids is 2. The number of ether oxygens (including phenoxy) is 4. The highest BCUT2D eigenvalue weighted by atomic mass is 16.8. The molecule has 0 aromatic heterocycles. The Bertz CT molecular complexity index is 582. The van der Waals surface area contributed by atoms with E-state index in [4.69, 9.17) is 41.9 Å². The van der Waals surface area contributed by atoms with Gasteiger partial charge in [-0.2, -0.15) is 0 Å².